The number of hydrogen-bond acceptors (Lipinski definition) is 10. The van der Waals surface area contributed by atoms with Crippen molar-refractivity contribution in [2.24, 2.45) is 26.5 Å². The average Bonchev–Trinajstić information content (AvgIpc) is 3.81. The van der Waals surface area contributed by atoms with Crippen molar-refractivity contribution in [1.82, 2.24) is 26.2 Å². The number of benzene rings is 1. The molecule has 3 aliphatic rings. The van der Waals surface area contributed by atoms with E-state index in [0.717, 1.165) is 49.8 Å². The Kier molecular flexibility index (Phi) is 17.6. The fraction of sp³-hybridized carbons (Fsp3) is 0.630. The highest BCUT2D eigenvalue weighted by Gasteiger charge is 2.55. The van der Waals surface area contributed by atoms with Crippen LogP contribution in [0.25, 0.3) is 0 Å². The Labute approximate surface area is 357 Å². The van der Waals surface area contributed by atoms with Gasteiger partial charge < -0.3 is 35.7 Å². The molecule has 1 saturated heterocycles. The molecule has 1 aliphatic carbocycles. The lowest BCUT2D eigenvalue weighted by Gasteiger charge is -2.39. The van der Waals surface area contributed by atoms with E-state index in [1.165, 1.54) is 13.3 Å². The Bertz CT molecular complexity index is 1750. The number of oxime groups is 1. The first-order valence-corrected chi connectivity index (χ1v) is 21.7. The molecule has 1 saturated carbocycles. The van der Waals surface area contributed by atoms with Crippen LogP contribution >= 0.6 is 0 Å². The number of nitrogens with zero attached hydrogens (tertiary/aromatic N) is 4. The van der Waals surface area contributed by atoms with Gasteiger partial charge in [0.2, 0.25) is 11.8 Å². The second kappa shape index (κ2) is 22.1. The third kappa shape index (κ3) is 12.6. The molecule has 4 N–H and O–H groups in total. The highest BCUT2D eigenvalue weighted by molar-refractivity contribution is 6.02. The molecule has 0 bridgehead atoms. The van der Waals surface area contributed by atoms with Gasteiger partial charge in [0.15, 0.2) is 11.7 Å². The molecule has 1 aromatic rings. The first-order chi connectivity index (χ1) is 28.6. The number of nitrogens with one attached hydrogen (secondary N) is 4. The van der Waals surface area contributed by atoms with Crippen molar-refractivity contribution in [3.63, 3.8) is 0 Å². The van der Waals surface area contributed by atoms with Crippen molar-refractivity contribution in [3.05, 3.63) is 59.9 Å². The van der Waals surface area contributed by atoms with E-state index in [2.05, 4.69) is 49.7 Å². The third-order valence-corrected chi connectivity index (χ3v) is 11.5. The summed E-state index contributed by atoms with van der Waals surface area (Å²) in [5.41, 5.74) is 0.892. The summed E-state index contributed by atoms with van der Waals surface area (Å²) in [4.78, 5) is 73.1. The van der Waals surface area contributed by atoms with Crippen LogP contribution < -0.4 is 21.3 Å². The molecule has 0 aromatic heterocycles. The predicted octanol–water partition coefficient (Wildman–Crippen LogP) is 5.62. The molecular weight excluding hydrogens is 761 g/mol. The molecule has 4 rings (SSSR count). The van der Waals surface area contributed by atoms with Crippen LogP contribution in [0.1, 0.15) is 118 Å². The summed E-state index contributed by atoms with van der Waals surface area (Å²) in [5, 5.41) is 17.2. The number of carbonyl (C=O) groups is 4. The van der Waals surface area contributed by atoms with E-state index in [-0.39, 0.29) is 49.2 Å². The Morgan fingerprint density at radius 3 is 2.35 bits per heavy atom. The van der Waals surface area contributed by atoms with Crippen molar-refractivity contribution in [1.29, 1.82) is 0 Å². The molecular formula is C46H70N8O6. The second-order valence-electron chi connectivity index (χ2n) is 17.9. The number of carbonyl (C=O) groups excluding carboxylic acids is 4. The van der Waals surface area contributed by atoms with Gasteiger partial charge >= 0.3 is 0 Å². The predicted molar refractivity (Wildman–Crippen MR) is 238 cm³/mol. The largest absolute Gasteiger partial charge is 0.387 e. The number of likely N-dealkylation sites (tertiary alicyclic amines) is 1. The van der Waals surface area contributed by atoms with Crippen LogP contribution in [0, 0.1) is 11.3 Å². The summed E-state index contributed by atoms with van der Waals surface area (Å²) >= 11 is 0. The molecule has 2 heterocycles. The standard InChI is InChI=1S/C46H70N8O6/c1-11-19-35(39(59-10)43(57)49-30(3)4)51-42(56)37-26-46(25-36(53-60-46)32-20-15-13-16-21-32)29-54(37)44(58)40(45(6,7)8)50-31(5)38(33-22-17-14-18-23-33)52-41(55)34(27-47-9)28-48-24-12-2/h13,15-16,20-21,24,27,30,33,35,37-40,50H,5,9,11-12,14,17-19,22-23,25-26,28-29H2,1-4,6-8,10H3,(H,49,57)(H,51,56)(H,52,55)/b34-27+,48-24?/t35-,37-,38+,39?,40?,46+/m0/s1. The van der Waals surface area contributed by atoms with E-state index in [1.807, 2.05) is 78.8 Å². The highest BCUT2D eigenvalue weighted by Crippen LogP contribution is 2.40. The zero-order valence-electron chi connectivity index (χ0n) is 37.2. The fourth-order valence-electron chi connectivity index (χ4n) is 8.48. The number of hydrogen-bond donors (Lipinski definition) is 4. The van der Waals surface area contributed by atoms with E-state index in [4.69, 9.17) is 9.57 Å². The van der Waals surface area contributed by atoms with E-state index in [9.17, 15) is 14.4 Å². The first kappa shape index (κ1) is 47.8. The summed E-state index contributed by atoms with van der Waals surface area (Å²) in [7, 11) is 1.46. The van der Waals surface area contributed by atoms with Gasteiger partial charge in [-0.3, -0.25) is 29.2 Å². The van der Waals surface area contributed by atoms with E-state index >= 15 is 4.79 Å². The monoisotopic (exact) mass is 831 g/mol. The van der Waals surface area contributed by atoms with Gasteiger partial charge in [0, 0.05) is 37.9 Å². The third-order valence-electron chi connectivity index (χ3n) is 11.5. The van der Waals surface area contributed by atoms with E-state index in [0.29, 0.717) is 30.5 Å². The SMILES string of the molecule is C=N/C=C(\CN=CCC)C(=O)N[C@H](C(=C)NC(C(=O)N1C[C@@]2(CC(c3ccccc3)=NO2)C[C@H]1C(=O)N[C@@H](CCC)C(OC)C(=O)NC(C)C)C(C)(C)C)C1CCCCC1. The average molecular weight is 831 g/mol. The molecule has 1 aromatic carbocycles. The van der Waals surface area contributed by atoms with Crippen molar-refractivity contribution >= 4 is 42.3 Å². The quantitative estimate of drug-likeness (QED) is 0.0975. The van der Waals surface area contributed by atoms with Crippen LogP contribution in [0.5, 0.6) is 0 Å². The minimum absolute atomic E-state index is 0.0849. The first-order valence-electron chi connectivity index (χ1n) is 21.7. The van der Waals surface area contributed by atoms with Crippen LogP contribution in [0.4, 0.5) is 0 Å². The lowest BCUT2D eigenvalue weighted by Crippen LogP contribution is -2.60. The summed E-state index contributed by atoms with van der Waals surface area (Å²) in [6.07, 6.45) is 9.65. The van der Waals surface area contributed by atoms with Gasteiger partial charge in [0.05, 0.1) is 36.5 Å². The number of rotatable bonds is 20. The summed E-state index contributed by atoms with van der Waals surface area (Å²) in [5.74, 6) is -1.29. The maximum absolute atomic E-state index is 15.3. The Balaban J connectivity index is 1.68. The molecule has 6 atom stereocenters. The van der Waals surface area contributed by atoms with Gasteiger partial charge in [-0.25, -0.2) is 0 Å². The van der Waals surface area contributed by atoms with E-state index in [1.54, 1.807) is 11.1 Å². The Hall–Kier alpha value is -4.85. The maximum Gasteiger partial charge on any atom is 0.251 e. The van der Waals surface area contributed by atoms with Crippen LogP contribution in [0.3, 0.4) is 0 Å². The molecule has 2 aliphatic heterocycles. The van der Waals surface area contributed by atoms with Gasteiger partial charge in [0.25, 0.3) is 11.8 Å². The van der Waals surface area contributed by atoms with Crippen LogP contribution in [0.2, 0.25) is 0 Å². The van der Waals surface area contributed by atoms with Gasteiger partial charge in [0.1, 0.15) is 12.1 Å². The maximum atomic E-state index is 15.3. The number of amides is 4. The summed E-state index contributed by atoms with van der Waals surface area (Å²) in [6, 6.07) is 6.63. The molecule has 60 heavy (non-hydrogen) atoms. The molecule has 2 fully saturated rings. The minimum Gasteiger partial charge on any atom is -0.387 e. The second-order valence-corrected chi connectivity index (χ2v) is 17.9. The molecule has 330 valence electrons. The van der Waals surface area contributed by atoms with Crippen LogP contribution in [0.15, 0.2) is 69.5 Å². The topological polar surface area (TPSA) is 175 Å². The zero-order valence-corrected chi connectivity index (χ0v) is 37.2. The van der Waals surface area contributed by atoms with Crippen LogP contribution in [-0.4, -0.2) is 109 Å². The lowest BCUT2D eigenvalue weighted by molar-refractivity contribution is -0.143. The van der Waals surface area contributed by atoms with Gasteiger partial charge in [-0.1, -0.05) is 102 Å². The number of aliphatic imine (C=N–C) groups is 2. The molecule has 14 nitrogen and oxygen atoms in total. The van der Waals surface area contributed by atoms with Crippen molar-refractivity contribution in [3.8, 4) is 0 Å². The minimum atomic E-state index is -0.959. The molecule has 2 unspecified atom stereocenters. The molecule has 4 amide bonds. The van der Waals surface area contributed by atoms with Crippen molar-refractivity contribution in [2.45, 2.75) is 155 Å². The lowest BCUT2D eigenvalue weighted by atomic mass is 9.81. The molecule has 0 radical (unpaired) electrons. The smallest absolute Gasteiger partial charge is 0.251 e. The van der Waals surface area contributed by atoms with Gasteiger partial charge in [-0.2, -0.15) is 0 Å². The number of ether oxygens (including phenoxy) is 1. The summed E-state index contributed by atoms with van der Waals surface area (Å²) < 4.78 is 5.68. The van der Waals surface area contributed by atoms with E-state index < -0.39 is 47.2 Å². The molecule has 1 spiro atoms. The van der Waals surface area contributed by atoms with Gasteiger partial charge in [-0.05, 0) is 69.4 Å². The summed E-state index contributed by atoms with van der Waals surface area (Å²) in [6.45, 7) is 21.9. The number of methoxy groups -OCH3 is 1. The fourth-order valence-corrected chi connectivity index (χ4v) is 8.48. The van der Waals surface area contributed by atoms with Gasteiger partial charge in [-0.15, -0.1) is 0 Å². The zero-order chi connectivity index (χ0) is 44.0. The Morgan fingerprint density at radius 1 is 1.05 bits per heavy atom. The van der Waals surface area contributed by atoms with Crippen LogP contribution in [-0.2, 0) is 28.8 Å². The van der Waals surface area contributed by atoms with Crippen molar-refractivity contribution in [2.75, 3.05) is 20.2 Å². The normalized spacial score (nSPS) is 21.8. The highest BCUT2D eigenvalue weighted by atomic mass is 16.7. The Morgan fingerprint density at radius 2 is 1.75 bits per heavy atom. The van der Waals surface area contributed by atoms with Crippen molar-refractivity contribution < 1.29 is 28.8 Å². The molecule has 14 heteroatoms.